The molecule has 3 rings (SSSR count). The number of rotatable bonds is 13. The Hall–Kier alpha value is -4.65. The van der Waals surface area contributed by atoms with Crippen LogP contribution in [0.2, 0.25) is 0 Å². The summed E-state index contributed by atoms with van der Waals surface area (Å²) < 4.78 is 4.93. The first-order valence-corrected chi connectivity index (χ1v) is 12.9. The molecule has 1 saturated heterocycles. The number of benzene rings is 2. The van der Waals surface area contributed by atoms with Crippen molar-refractivity contribution in [2.75, 3.05) is 30.3 Å². The predicted octanol–water partition coefficient (Wildman–Crippen LogP) is 2.29. The second kappa shape index (κ2) is 15.1. The maximum Gasteiger partial charge on any atom is 0.328 e. The van der Waals surface area contributed by atoms with Crippen LogP contribution in [0.1, 0.15) is 32.6 Å². The standard InChI is InChI=1S/C27H33N7O6/c1-2-40-27(39)22-14-17(26(38)32-22)4-3-5-23(35)29-16-25(37)31-19-8-12-21(13-9-19)34-33-20-10-6-18(7-11-20)30-24(36)15-28/h6-13,17,22H,2-5,14-16,28H2,1H3,(H,29,35)(H,30,36)(H,31,37)(H,32,38)/t17-,22+/m1/s1. The molecule has 0 unspecified atom stereocenters. The molecule has 1 fully saturated rings. The summed E-state index contributed by atoms with van der Waals surface area (Å²) in [7, 11) is 0. The summed E-state index contributed by atoms with van der Waals surface area (Å²) in [5.41, 5.74) is 7.56. The van der Waals surface area contributed by atoms with Crippen molar-refractivity contribution in [2.45, 2.75) is 38.6 Å². The van der Waals surface area contributed by atoms with E-state index in [-0.39, 0.29) is 49.8 Å². The van der Waals surface area contributed by atoms with Gasteiger partial charge in [-0.25, -0.2) is 4.79 Å². The Balaban J connectivity index is 1.35. The lowest BCUT2D eigenvalue weighted by molar-refractivity contribution is -0.146. The van der Waals surface area contributed by atoms with Crippen molar-refractivity contribution in [3.8, 4) is 0 Å². The summed E-state index contributed by atoms with van der Waals surface area (Å²) in [5, 5.41) is 18.8. The van der Waals surface area contributed by atoms with Crippen LogP contribution >= 0.6 is 0 Å². The summed E-state index contributed by atoms with van der Waals surface area (Å²) in [4.78, 5) is 59.5. The fourth-order valence-electron chi connectivity index (χ4n) is 3.92. The summed E-state index contributed by atoms with van der Waals surface area (Å²) in [6.07, 6.45) is 1.42. The zero-order valence-corrected chi connectivity index (χ0v) is 22.1. The zero-order chi connectivity index (χ0) is 28.9. The van der Waals surface area contributed by atoms with Crippen LogP contribution in [0.15, 0.2) is 58.8 Å². The van der Waals surface area contributed by atoms with Gasteiger partial charge in [0, 0.05) is 23.7 Å². The first-order chi connectivity index (χ1) is 19.3. The summed E-state index contributed by atoms with van der Waals surface area (Å²) >= 11 is 0. The van der Waals surface area contributed by atoms with Crippen LogP contribution in [0.5, 0.6) is 0 Å². The van der Waals surface area contributed by atoms with Crippen LogP contribution in [0, 0.1) is 5.92 Å². The molecule has 13 heteroatoms. The van der Waals surface area contributed by atoms with Crippen molar-refractivity contribution >= 4 is 52.3 Å². The number of amides is 4. The smallest absolute Gasteiger partial charge is 0.328 e. The molecular formula is C27H33N7O6. The van der Waals surface area contributed by atoms with Gasteiger partial charge in [-0.15, -0.1) is 0 Å². The van der Waals surface area contributed by atoms with Crippen LogP contribution in [0.3, 0.4) is 0 Å². The van der Waals surface area contributed by atoms with Gasteiger partial charge < -0.3 is 31.7 Å². The number of carbonyl (C=O) groups is 5. The van der Waals surface area contributed by atoms with Crippen LogP contribution in [-0.4, -0.2) is 55.3 Å². The molecule has 0 aromatic heterocycles. The van der Waals surface area contributed by atoms with Crippen molar-refractivity contribution in [1.29, 1.82) is 0 Å². The highest BCUT2D eigenvalue weighted by molar-refractivity contribution is 5.94. The van der Waals surface area contributed by atoms with Crippen LogP contribution in [-0.2, 0) is 28.7 Å². The topological polar surface area (TPSA) is 193 Å². The number of hydrogen-bond donors (Lipinski definition) is 5. The molecule has 2 atom stereocenters. The molecule has 0 radical (unpaired) electrons. The minimum atomic E-state index is -0.636. The minimum absolute atomic E-state index is 0.0998. The molecule has 1 aliphatic rings. The van der Waals surface area contributed by atoms with Crippen molar-refractivity contribution < 1.29 is 28.7 Å². The number of nitrogens with zero attached hydrogens (tertiary/aromatic N) is 2. The van der Waals surface area contributed by atoms with E-state index in [2.05, 4.69) is 31.5 Å². The molecule has 0 spiro atoms. The number of anilines is 2. The highest BCUT2D eigenvalue weighted by Crippen LogP contribution is 2.23. The second-order valence-corrected chi connectivity index (χ2v) is 9.01. The number of carbonyl (C=O) groups excluding carboxylic acids is 5. The minimum Gasteiger partial charge on any atom is -0.464 e. The molecule has 6 N–H and O–H groups in total. The van der Waals surface area contributed by atoms with Crippen LogP contribution in [0.25, 0.3) is 0 Å². The van der Waals surface area contributed by atoms with E-state index in [1.165, 1.54) is 0 Å². The van der Waals surface area contributed by atoms with Crippen LogP contribution < -0.4 is 27.0 Å². The molecule has 1 aliphatic heterocycles. The number of esters is 1. The fraction of sp³-hybridized carbons (Fsp3) is 0.370. The third-order valence-corrected chi connectivity index (χ3v) is 5.95. The molecule has 2 aromatic carbocycles. The molecule has 1 heterocycles. The van der Waals surface area contributed by atoms with Crippen molar-refractivity contribution in [3.05, 3.63) is 48.5 Å². The average molecular weight is 552 g/mol. The summed E-state index contributed by atoms with van der Waals surface area (Å²) in [6, 6.07) is 12.8. The van der Waals surface area contributed by atoms with Crippen molar-refractivity contribution in [2.24, 2.45) is 21.9 Å². The number of azo groups is 1. The van der Waals surface area contributed by atoms with E-state index in [9.17, 15) is 24.0 Å². The predicted molar refractivity (Wildman–Crippen MR) is 147 cm³/mol. The molecule has 0 aliphatic carbocycles. The van der Waals surface area contributed by atoms with Crippen molar-refractivity contribution in [1.82, 2.24) is 10.6 Å². The van der Waals surface area contributed by atoms with Gasteiger partial charge in [0.2, 0.25) is 23.6 Å². The first-order valence-electron chi connectivity index (χ1n) is 12.9. The Kier molecular flexibility index (Phi) is 11.3. The molecule has 4 amide bonds. The van der Waals surface area contributed by atoms with Gasteiger partial charge in [0.05, 0.1) is 31.1 Å². The van der Waals surface area contributed by atoms with Crippen LogP contribution in [0.4, 0.5) is 22.7 Å². The maximum absolute atomic E-state index is 12.2. The monoisotopic (exact) mass is 551 g/mol. The van der Waals surface area contributed by atoms with E-state index in [0.29, 0.717) is 42.0 Å². The average Bonchev–Trinajstić information content (AvgIpc) is 3.32. The molecular weight excluding hydrogens is 518 g/mol. The molecule has 2 aromatic rings. The molecule has 212 valence electrons. The highest BCUT2D eigenvalue weighted by Gasteiger charge is 2.36. The summed E-state index contributed by atoms with van der Waals surface area (Å²) in [6.45, 7) is 1.65. The zero-order valence-electron chi connectivity index (χ0n) is 22.1. The fourth-order valence-corrected chi connectivity index (χ4v) is 3.92. The van der Waals surface area contributed by atoms with Gasteiger partial charge in [0.1, 0.15) is 6.04 Å². The maximum atomic E-state index is 12.2. The second-order valence-electron chi connectivity index (χ2n) is 9.01. The van der Waals surface area contributed by atoms with Crippen molar-refractivity contribution in [3.63, 3.8) is 0 Å². The van der Waals surface area contributed by atoms with Gasteiger partial charge in [-0.05, 0) is 74.7 Å². The Labute approximate surface area is 231 Å². The van der Waals surface area contributed by atoms with Gasteiger partial charge in [-0.2, -0.15) is 10.2 Å². The van der Waals surface area contributed by atoms with Gasteiger partial charge in [0.15, 0.2) is 0 Å². The van der Waals surface area contributed by atoms with E-state index in [4.69, 9.17) is 10.5 Å². The van der Waals surface area contributed by atoms with E-state index >= 15 is 0 Å². The highest BCUT2D eigenvalue weighted by atomic mass is 16.5. The Bertz CT molecular complexity index is 1230. The Morgan fingerprint density at radius 2 is 1.50 bits per heavy atom. The molecule has 13 nitrogen and oxygen atoms in total. The SMILES string of the molecule is CCOC(=O)[C@@H]1C[C@@H](CCCC(=O)NCC(=O)Nc2ccc(N=Nc3ccc(NC(=O)CN)cc3)cc2)C(=O)N1. The lowest BCUT2D eigenvalue weighted by Crippen LogP contribution is -2.34. The quantitative estimate of drug-likeness (QED) is 0.186. The summed E-state index contributed by atoms with van der Waals surface area (Å²) in [5.74, 6) is -1.99. The van der Waals surface area contributed by atoms with E-state index < -0.39 is 17.9 Å². The lowest BCUT2D eigenvalue weighted by atomic mass is 9.98. The van der Waals surface area contributed by atoms with Gasteiger partial charge in [-0.3, -0.25) is 19.2 Å². The van der Waals surface area contributed by atoms with Gasteiger partial charge in [-0.1, -0.05) is 0 Å². The molecule has 0 saturated carbocycles. The van der Waals surface area contributed by atoms with E-state index in [0.717, 1.165) is 0 Å². The number of ether oxygens (including phenoxy) is 1. The third kappa shape index (κ3) is 9.58. The normalized spacial score (nSPS) is 16.3. The van der Waals surface area contributed by atoms with E-state index in [1.807, 2.05) is 0 Å². The Morgan fingerprint density at radius 3 is 2.05 bits per heavy atom. The Morgan fingerprint density at radius 1 is 0.925 bits per heavy atom. The molecule has 0 bridgehead atoms. The number of nitrogens with one attached hydrogen (secondary N) is 4. The van der Waals surface area contributed by atoms with E-state index in [1.54, 1.807) is 55.5 Å². The van der Waals surface area contributed by atoms with Gasteiger partial charge in [0.25, 0.3) is 0 Å². The lowest BCUT2D eigenvalue weighted by Gasteiger charge is -2.09. The third-order valence-electron chi connectivity index (χ3n) is 5.95. The largest absolute Gasteiger partial charge is 0.464 e. The first kappa shape index (κ1) is 29.9. The number of nitrogens with two attached hydrogens (primary N) is 1. The van der Waals surface area contributed by atoms with Gasteiger partial charge >= 0.3 is 5.97 Å². The number of hydrogen-bond acceptors (Lipinski definition) is 9. The molecule has 40 heavy (non-hydrogen) atoms.